The van der Waals surface area contributed by atoms with Gasteiger partial charge in [0.2, 0.25) is 0 Å². The lowest BCUT2D eigenvalue weighted by molar-refractivity contribution is -0.141. The molecule has 0 unspecified atom stereocenters. The zero-order valence-electron chi connectivity index (χ0n) is 8.85. The van der Waals surface area contributed by atoms with Gasteiger partial charge in [-0.3, -0.25) is 9.36 Å². The molecule has 1 amide bonds. The lowest BCUT2D eigenvalue weighted by Gasteiger charge is -2.10. The molecule has 0 aliphatic heterocycles. The Morgan fingerprint density at radius 1 is 1.33 bits per heavy atom. The third-order valence-electron chi connectivity index (χ3n) is 2.18. The molecule has 8 heteroatoms. The smallest absolute Gasteiger partial charge is 0.365 e. The number of carbonyl (C=O) groups is 1. The second-order valence-corrected chi connectivity index (χ2v) is 3.40. The lowest BCUT2D eigenvalue weighted by Crippen LogP contribution is -2.18. The SMILES string of the molecule is NC(=O)c1ccc(C(F)(F)F)nc1-n1ccnc1. The molecule has 0 radical (unpaired) electrons. The van der Waals surface area contributed by atoms with Crippen LogP contribution in [0, 0.1) is 0 Å². The van der Waals surface area contributed by atoms with Crippen molar-refractivity contribution in [3.63, 3.8) is 0 Å². The second-order valence-electron chi connectivity index (χ2n) is 3.40. The van der Waals surface area contributed by atoms with Crippen molar-refractivity contribution < 1.29 is 18.0 Å². The van der Waals surface area contributed by atoms with Crippen LogP contribution in [-0.2, 0) is 6.18 Å². The van der Waals surface area contributed by atoms with Crippen molar-refractivity contribution in [1.82, 2.24) is 14.5 Å². The van der Waals surface area contributed by atoms with E-state index in [-0.39, 0.29) is 11.4 Å². The van der Waals surface area contributed by atoms with Crippen LogP contribution in [0.1, 0.15) is 16.1 Å². The fourth-order valence-electron chi connectivity index (χ4n) is 1.38. The number of alkyl halides is 3. The van der Waals surface area contributed by atoms with Gasteiger partial charge >= 0.3 is 6.18 Å². The molecule has 2 aromatic rings. The predicted octanol–water partition coefficient (Wildman–Crippen LogP) is 1.39. The second kappa shape index (κ2) is 4.13. The van der Waals surface area contributed by atoms with Crippen molar-refractivity contribution in [2.75, 3.05) is 0 Å². The topological polar surface area (TPSA) is 73.8 Å². The monoisotopic (exact) mass is 256 g/mol. The zero-order chi connectivity index (χ0) is 13.3. The van der Waals surface area contributed by atoms with Gasteiger partial charge in [0.15, 0.2) is 5.82 Å². The summed E-state index contributed by atoms with van der Waals surface area (Å²) in [4.78, 5) is 18.2. The molecule has 2 rings (SSSR count). The molecular formula is C10H7F3N4O. The fourth-order valence-corrected chi connectivity index (χ4v) is 1.38. The number of pyridine rings is 1. The van der Waals surface area contributed by atoms with E-state index in [1.54, 1.807) is 0 Å². The van der Waals surface area contributed by atoms with Crippen molar-refractivity contribution in [3.8, 4) is 5.82 Å². The molecule has 5 nitrogen and oxygen atoms in total. The van der Waals surface area contributed by atoms with Crippen LogP contribution in [0.5, 0.6) is 0 Å². The Balaban J connectivity index is 2.63. The number of primary amides is 1. The van der Waals surface area contributed by atoms with Gasteiger partial charge in [-0.05, 0) is 12.1 Å². The Bertz CT molecular complexity index is 577. The summed E-state index contributed by atoms with van der Waals surface area (Å²) in [5.41, 5.74) is 3.87. The maximum atomic E-state index is 12.5. The molecule has 0 bridgehead atoms. The van der Waals surface area contributed by atoms with Gasteiger partial charge in [0, 0.05) is 12.4 Å². The summed E-state index contributed by atoms with van der Waals surface area (Å²) in [5, 5.41) is 0. The number of nitrogens with two attached hydrogens (primary N) is 1. The quantitative estimate of drug-likeness (QED) is 0.882. The first-order valence-corrected chi connectivity index (χ1v) is 4.76. The van der Waals surface area contributed by atoms with Crippen molar-refractivity contribution in [2.45, 2.75) is 6.18 Å². The average molecular weight is 256 g/mol. The molecule has 0 atom stereocenters. The highest BCUT2D eigenvalue weighted by molar-refractivity contribution is 5.95. The Kier molecular flexibility index (Phi) is 2.77. The van der Waals surface area contributed by atoms with Crippen molar-refractivity contribution in [3.05, 3.63) is 42.1 Å². The summed E-state index contributed by atoms with van der Waals surface area (Å²) in [5.74, 6) is -1.06. The number of carbonyl (C=O) groups excluding carboxylic acids is 1. The highest BCUT2D eigenvalue weighted by Gasteiger charge is 2.33. The van der Waals surface area contributed by atoms with Gasteiger partial charge in [-0.1, -0.05) is 0 Å². The fraction of sp³-hybridized carbons (Fsp3) is 0.100. The van der Waals surface area contributed by atoms with E-state index in [0.717, 1.165) is 6.07 Å². The van der Waals surface area contributed by atoms with Crippen LogP contribution in [0.15, 0.2) is 30.9 Å². The van der Waals surface area contributed by atoms with Crippen LogP contribution >= 0.6 is 0 Å². The van der Waals surface area contributed by atoms with Gasteiger partial charge in [0.05, 0.1) is 5.56 Å². The number of amides is 1. The van der Waals surface area contributed by atoms with Crippen LogP contribution in [0.4, 0.5) is 13.2 Å². The summed E-state index contributed by atoms with van der Waals surface area (Å²) in [6.07, 6.45) is -0.637. The van der Waals surface area contributed by atoms with Crippen molar-refractivity contribution in [1.29, 1.82) is 0 Å². The van der Waals surface area contributed by atoms with E-state index in [0.29, 0.717) is 6.07 Å². The zero-order valence-corrected chi connectivity index (χ0v) is 8.85. The molecule has 94 valence electrons. The Morgan fingerprint density at radius 2 is 2.06 bits per heavy atom. The van der Waals surface area contributed by atoms with Crippen LogP contribution in [-0.4, -0.2) is 20.4 Å². The number of halogens is 3. The summed E-state index contributed by atoms with van der Waals surface area (Å²) >= 11 is 0. The van der Waals surface area contributed by atoms with Gasteiger partial charge < -0.3 is 5.73 Å². The highest BCUT2D eigenvalue weighted by Crippen LogP contribution is 2.28. The van der Waals surface area contributed by atoms with E-state index in [4.69, 9.17) is 5.73 Å². The van der Waals surface area contributed by atoms with E-state index in [2.05, 4.69) is 9.97 Å². The molecule has 0 saturated heterocycles. The largest absolute Gasteiger partial charge is 0.433 e. The molecule has 2 N–H and O–H groups in total. The third-order valence-corrected chi connectivity index (χ3v) is 2.18. The van der Waals surface area contributed by atoms with Crippen LogP contribution < -0.4 is 5.73 Å². The molecule has 0 spiro atoms. The van der Waals surface area contributed by atoms with Crippen LogP contribution in [0.2, 0.25) is 0 Å². The van der Waals surface area contributed by atoms with Crippen molar-refractivity contribution in [2.24, 2.45) is 5.73 Å². The normalized spacial score (nSPS) is 11.5. The molecule has 0 saturated carbocycles. The number of hydrogen-bond acceptors (Lipinski definition) is 3. The Hall–Kier alpha value is -2.38. The summed E-state index contributed by atoms with van der Waals surface area (Å²) in [6, 6.07) is 1.70. The minimum Gasteiger partial charge on any atom is -0.365 e. The van der Waals surface area contributed by atoms with E-state index < -0.39 is 17.8 Å². The first kappa shape index (κ1) is 12.1. The molecule has 0 fully saturated rings. The maximum absolute atomic E-state index is 12.5. The summed E-state index contributed by atoms with van der Waals surface area (Å²) in [6.45, 7) is 0. The first-order valence-electron chi connectivity index (χ1n) is 4.76. The van der Waals surface area contributed by atoms with E-state index >= 15 is 0 Å². The minimum absolute atomic E-state index is 0.110. The van der Waals surface area contributed by atoms with Gasteiger partial charge in [-0.25, -0.2) is 9.97 Å². The number of nitrogens with zero attached hydrogens (tertiary/aromatic N) is 3. The number of rotatable bonds is 2. The van der Waals surface area contributed by atoms with Crippen LogP contribution in [0.3, 0.4) is 0 Å². The average Bonchev–Trinajstić information content (AvgIpc) is 2.80. The van der Waals surface area contributed by atoms with Gasteiger partial charge in [-0.2, -0.15) is 13.2 Å². The van der Waals surface area contributed by atoms with Gasteiger partial charge in [-0.15, -0.1) is 0 Å². The molecule has 2 heterocycles. The van der Waals surface area contributed by atoms with Crippen molar-refractivity contribution >= 4 is 5.91 Å². The number of imidazole rings is 1. The maximum Gasteiger partial charge on any atom is 0.433 e. The first-order chi connectivity index (χ1) is 8.39. The minimum atomic E-state index is -4.59. The summed E-state index contributed by atoms with van der Waals surface area (Å²) in [7, 11) is 0. The van der Waals surface area contributed by atoms with Gasteiger partial charge in [0.1, 0.15) is 12.0 Å². The third kappa shape index (κ3) is 2.17. The Morgan fingerprint density at radius 3 is 2.56 bits per heavy atom. The summed E-state index contributed by atoms with van der Waals surface area (Å²) < 4.78 is 38.8. The van der Waals surface area contributed by atoms with E-state index in [9.17, 15) is 18.0 Å². The van der Waals surface area contributed by atoms with Crippen LogP contribution in [0.25, 0.3) is 5.82 Å². The lowest BCUT2D eigenvalue weighted by atomic mass is 10.2. The molecule has 0 aliphatic carbocycles. The standard InChI is InChI=1S/C10H7F3N4O/c11-10(12,13)7-2-1-6(8(14)18)9(16-7)17-4-3-15-5-17/h1-5H,(H2,14,18). The Labute approximate surface area is 99.1 Å². The number of aromatic nitrogens is 3. The molecule has 0 aliphatic rings. The molecule has 2 aromatic heterocycles. The molecular weight excluding hydrogens is 249 g/mol. The van der Waals surface area contributed by atoms with Gasteiger partial charge in [0.25, 0.3) is 5.91 Å². The molecule has 0 aromatic carbocycles. The highest BCUT2D eigenvalue weighted by atomic mass is 19.4. The molecule has 18 heavy (non-hydrogen) atoms. The van der Waals surface area contributed by atoms with E-state index in [1.807, 2.05) is 0 Å². The number of hydrogen-bond donors (Lipinski definition) is 1. The van der Waals surface area contributed by atoms with E-state index in [1.165, 1.54) is 23.3 Å². The predicted molar refractivity (Wildman–Crippen MR) is 54.9 cm³/mol.